The smallest absolute Gasteiger partial charge is 0.141 e. The molecule has 0 unspecified atom stereocenters. The average molecular weight is 245 g/mol. The van der Waals surface area contributed by atoms with E-state index in [0.29, 0.717) is 0 Å². The van der Waals surface area contributed by atoms with Crippen LogP contribution < -0.4 is 10.1 Å². The lowest BCUT2D eigenvalue weighted by Gasteiger charge is -2.12. The van der Waals surface area contributed by atoms with Gasteiger partial charge >= 0.3 is 0 Å². The summed E-state index contributed by atoms with van der Waals surface area (Å²) in [6, 6.07) is 8.14. The van der Waals surface area contributed by atoms with Gasteiger partial charge in [0.2, 0.25) is 0 Å². The van der Waals surface area contributed by atoms with Gasteiger partial charge in [0.1, 0.15) is 5.75 Å². The molecule has 0 radical (unpaired) electrons. The van der Waals surface area contributed by atoms with Crippen LogP contribution in [0.3, 0.4) is 0 Å². The van der Waals surface area contributed by atoms with Crippen molar-refractivity contribution in [3.8, 4) is 5.75 Å². The quantitative estimate of drug-likeness (QED) is 0.880. The second kappa shape index (κ2) is 5.58. The van der Waals surface area contributed by atoms with Crippen molar-refractivity contribution >= 4 is 5.69 Å². The van der Waals surface area contributed by atoms with Crippen LogP contribution in [0, 0.1) is 6.92 Å². The molecule has 0 aliphatic heterocycles. The lowest BCUT2D eigenvalue weighted by molar-refractivity contribution is 0.416. The fourth-order valence-electron chi connectivity index (χ4n) is 1.94. The highest BCUT2D eigenvalue weighted by molar-refractivity contribution is 5.58. The summed E-state index contributed by atoms with van der Waals surface area (Å²) < 4.78 is 7.32. The maximum absolute atomic E-state index is 5.34. The Kier molecular flexibility index (Phi) is 3.87. The van der Waals surface area contributed by atoms with Crippen LogP contribution >= 0.6 is 0 Å². The zero-order valence-electron chi connectivity index (χ0n) is 11.1. The number of hydrogen-bond donors (Lipinski definition) is 1. The molecule has 0 saturated carbocycles. The Morgan fingerprint density at radius 1 is 1.33 bits per heavy atom. The average Bonchev–Trinajstić information content (AvgIpc) is 2.84. The van der Waals surface area contributed by atoms with E-state index in [9.17, 15) is 0 Å². The van der Waals surface area contributed by atoms with Crippen molar-refractivity contribution in [2.75, 3.05) is 12.4 Å². The van der Waals surface area contributed by atoms with E-state index in [1.54, 1.807) is 7.11 Å². The van der Waals surface area contributed by atoms with Crippen molar-refractivity contribution in [2.45, 2.75) is 26.9 Å². The molecular formula is C14H19N3O. The molecule has 1 heterocycles. The predicted molar refractivity (Wildman–Crippen MR) is 73.0 cm³/mol. The standard InChI is InChI=1S/C14H19N3O/c1-4-17-12(7-8-16-17)10-15-13-9-11(2)5-6-14(13)18-3/h5-9,15H,4,10H2,1-3H3. The van der Waals surface area contributed by atoms with Crippen molar-refractivity contribution in [3.05, 3.63) is 41.7 Å². The topological polar surface area (TPSA) is 39.1 Å². The molecule has 1 aromatic heterocycles. The van der Waals surface area contributed by atoms with Crippen molar-refractivity contribution in [2.24, 2.45) is 0 Å². The van der Waals surface area contributed by atoms with Gasteiger partial charge in [0.05, 0.1) is 25.0 Å². The first-order valence-electron chi connectivity index (χ1n) is 6.13. The number of anilines is 1. The van der Waals surface area contributed by atoms with Gasteiger partial charge in [-0.05, 0) is 37.6 Å². The Bertz CT molecular complexity index is 520. The summed E-state index contributed by atoms with van der Waals surface area (Å²) in [5.74, 6) is 0.864. The molecule has 0 amide bonds. The van der Waals surface area contributed by atoms with Gasteiger partial charge in [0, 0.05) is 12.7 Å². The van der Waals surface area contributed by atoms with Crippen molar-refractivity contribution < 1.29 is 4.74 Å². The lowest BCUT2D eigenvalue weighted by atomic mass is 10.2. The number of nitrogens with zero attached hydrogens (tertiary/aromatic N) is 2. The predicted octanol–water partition coefficient (Wildman–Crippen LogP) is 2.83. The van der Waals surface area contributed by atoms with Crippen LogP contribution in [0.15, 0.2) is 30.5 Å². The molecule has 0 aliphatic carbocycles. The summed E-state index contributed by atoms with van der Waals surface area (Å²) in [4.78, 5) is 0. The highest BCUT2D eigenvalue weighted by Crippen LogP contribution is 2.25. The maximum Gasteiger partial charge on any atom is 0.141 e. The maximum atomic E-state index is 5.34. The first kappa shape index (κ1) is 12.5. The summed E-state index contributed by atoms with van der Waals surface area (Å²) in [5, 5.41) is 7.65. The zero-order chi connectivity index (χ0) is 13.0. The first-order chi connectivity index (χ1) is 8.74. The minimum atomic E-state index is 0.744. The molecule has 0 fully saturated rings. The van der Waals surface area contributed by atoms with Crippen LogP contribution in [0.1, 0.15) is 18.2 Å². The number of aromatic nitrogens is 2. The van der Waals surface area contributed by atoms with E-state index in [0.717, 1.165) is 24.5 Å². The van der Waals surface area contributed by atoms with E-state index in [4.69, 9.17) is 4.74 Å². The Morgan fingerprint density at radius 2 is 2.17 bits per heavy atom. The third-order valence-corrected chi connectivity index (χ3v) is 2.92. The molecular weight excluding hydrogens is 226 g/mol. The third kappa shape index (κ3) is 2.64. The number of nitrogens with one attached hydrogen (secondary N) is 1. The molecule has 0 spiro atoms. The number of methoxy groups -OCH3 is 1. The third-order valence-electron chi connectivity index (χ3n) is 2.92. The molecule has 0 atom stereocenters. The lowest BCUT2D eigenvalue weighted by Crippen LogP contribution is -2.08. The van der Waals surface area contributed by atoms with Gasteiger partial charge in [-0.15, -0.1) is 0 Å². The van der Waals surface area contributed by atoms with Crippen molar-refractivity contribution in [1.29, 1.82) is 0 Å². The van der Waals surface area contributed by atoms with Crippen LogP contribution in [0.25, 0.3) is 0 Å². The number of benzene rings is 1. The fourth-order valence-corrected chi connectivity index (χ4v) is 1.94. The van der Waals surface area contributed by atoms with Gasteiger partial charge in [-0.25, -0.2) is 0 Å². The highest BCUT2D eigenvalue weighted by Gasteiger charge is 2.05. The van der Waals surface area contributed by atoms with Crippen LogP contribution in [0.2, 0.25) is 0 Å². The van der Waals surface area contributed by atoms with E-state index in [1.165, 1.54) is 11.3 Å². The molecule has 0 bridgehead atoms. The van der Waals surface area contributed by atoms with Gasteiger partial charge in [-0.2, -0.15) is 5.10 Å². The zero-order valence-corrected chi connectivity index (χ0v) is 11.1. The molecule has 2 aromatic rings. The molecule has 18 heavy (non-hydrogen) atoms. The second-order valence-electron chi connectivity index (χ2n) is 4.20. The van der Waals surface area contributed by atoms with E-state index >= 15 is 0 Å². The normalized spacial score (nSPS) is 10.4. The van der Waals surface area contributed by atoms with Crippen LogP contribution in [-0.4, -0.2) is 16.9 Å². The van der Waals surface area contributed by atoms with Crippen LogP contribution in [0.4, 0.5) is 5.69 Å². The Hall–Kier alpha value is -1.97. The summed E-state index contributed by atoms with van der Waals surface area (Å²) in [5.41, 5.74) is 3.39. The number of rotatable bonds is 5. The van der Waals surface area contributed by atoms with Crippen LogP contribution in [0.5, 0.6) is 5.75 Å². The minimum absolute atomic E-state index is 0.744. The fraction of sp³-hybridized carbons (Fsp3) is 0.357. The van der Waals surface area contributed by atoms with Crippen molar-refractivity contribution in [3.63, 3.8) is 0 Å². The van der Waals surface area contributed by atoms with Crippen LogP contribution in [-0.2, 0) is 13.1 Å². The Labute approximate surface area is 108 Å². The monoisotopic (exact) mass is 245 g/mol. The van der Waals surface area contributed by atoms with Gasteiger partial charge in [-0.1, -0.05) is 6.07 Å². The highest BCUT2D eigenvalue weighted by atomic mass is 16.5. The first-order valence-corrected chi connectivity index (χ1v) is 6.13. The Morgan fingerprint density at radius 3 is 2.89 bits per heavy atom. The number of aryl methyl sites for hydroxylation is 2. The van der Waals surface area contributed by atoms with E-state index in [-0.39, 0.29) is 0 Å². The van der Waals surface area contributed by atoms with Gasteiger partial charge in [0.15, 0.2) is 0 Å². The second-order valence-corrected chi connectivity index (χ2v) is 4.20. The van der Waals surface area contributed by atoms with E-state index in [1.807, 2.05) is 29.1 Å². The van der Waals surface area contributed by atoms with E-state index < -0.39 is 0 Å². The molecule has 1 N–H and O–H groups in total. The summed E-state index contributed by atoms with van der Waals surface area (Å²) in [6.07, 6.45) is 1.83. The largest absolute Gasteiger partial charge is 0.495 e. The molecule has 2 rings (SSSR count). The molecule has 0 saturated heterocycles. The number of ether oxygens (including phenoxy) is 1. The molecule has 1 aromatic carbocycles. The molecule has 0 aliphatic rings. The summed E-state index contributed by atoms with van der Waals surface area (Å²) in [6.45, 7) is 5.79. The van der Waals surface area contributed by atoms with Gasteiger partial charge in [0.25, 0.3) is 0 Å². The minimum Gasteiger partial charge on any atom is -0.495 e. The van der Waals surface area contributed by atoms with Crippen molar-refractivity contribution in [1.82, 2.24) is 9.78 Å². The molecule has 4 heteroatoms. The van der Waals surface area contributed by atoms with Gasteiger partial charge in [-0.3, -0.25) is 4.68 Å². The number of hydrogen-bond acceptors (Lipinski definition) is 3. The SMILES string of the molecule is CCn1nccc1CNc1cc(C)ccc1OC. The summed E-state index contributed by atoms with van der Waals surface area (Å²) in [7, 11) is 1.69. The molecule has 4 nitrogen and oxygen atoms in total. The molecule has 96 valence electrons. The van der Waals surface area contributed by atoms with Gasteiger partial charge < -0.3 is 10.1 Å². The Balaban J connectivity index is 2.12. The van der Waals surface area contributed by atoms with E-state index in [2.05, 4.69) is 30.3 Å². The summed E-state index contributed by atoms with van der Waals surface area (Å²) >= 11 is 0.